The van der Waals surface area contributed by atoms with Crippen LogP contribution in [-0.2, 0) is 20.9 Å². The number of nitrogens with two attached hydrogens (primary N) is 1. The van der Waals surface area contributed by atoms with Crippen molar-refractivity contribution in [2.75, 3.05) is 25.3 Å². The molecule has 2 N–H and O–H groups in total. The molecule has 2 unspecified atom stereocenters. The third-order valence-corrected chi connectivity index (χ3v) is 6.52. The molecule has 3 rings (SSSR count). The summed E-state index contributed by atoms with van der Waals surface area (Å²) in [6.07, 6.45) is 0. The van der Waals surface area contributed by atoms with Crippen molar-refractivity contribution >= 4 is 35.2 Å². The zero-order valence-electron chi connectivity index (χ0n) is 13.2. The fraction of sp³-hybridized carbons (Fsp3) is 0.500. The average Bonchev–Trinajstić information content (AvgIpc) is 2.65. The Kier molecular flexibility index (Phi) is 4.94. The van der Waals surface area contributed by atoms with Gasteiger partial charge in [-0.15, -0.1) is 23.4 Å². The van der Waals surface area contributed by atoms with Gasteiger partial charge in [0.2, 0.25) is 5.91 Å². The van der Waals surface area contributed by atoms with Gasteiger partial charge in [-0.25, -0.2) is 0 Å². The molecule has 2 aliphatic rings. The van der Waals surface area contributed by atoms with Crippen molar-refractivity contribution in [3.8, 4) is 5.75 Å². The summed E-state index contributed by atoms with van der Waals surface area (Å²) in [6.45, 7) is 0.422. The topological polar surface area (TPSA) is 81.9 Å². The molecule has 1 aromatic carbocycles. The Morgan fingerprint density at radius 2 is 2.17 bits per heavy atom. The van der Waals surface area contributed by atoms with Gasteiger partial charge in [-0.3, -0.25) is 9.59 Å². The highest BCUT2D eigenvalue weighted by Gasteiger charge is 2.55. The molecule has 130 valence electrons. The van der Waals surface area contributed by atoms with E-state index in [-0.39, 0.29) is 36.3 Å². The van der Waals surface area contributed by atoms with E-state index in [2.05, 4.69) is 0 Å². The van der Waals surface area contributed by atoms with Gasteiger partial charge in [-0.05, 0) is 17.7 Å². The van der Waals surface area contributed by atoms with Crippen LogP contribution in [0.3, 0.4) is 0 Å². The molecule has 0 saturated carbocycles. The monoisotopic (exact) mass is 370 g/mol. The maximum atomic E-state index is 12.6. The molecule has 1 aromatic rings. The van der Waals surface area contributed by atoms with Crippen LogP contribution in [0, 0.1) is 5.41 Å². The number of thioether (sulfide) groups is 1. The van der Waals surface area contributed by atoms with E-state index in [1.807, 2.05) is 24.3 Å². The Bertz CT molecular complexity index is 641. The quantitative estimate of drug-likeness (QED) is 0.476. The van der Waals surface area contributed by atoms with Crippen molar-refractivity contribution in [3.05, 3.63) is 29.8 Å². The fourth-order valence-corrected chi connectivity index (χ4v) is 4.69. The first-order valence-corrected chi connectivity index (χ1v) is 9.13. The summed E-state index contributed by atoms with van der Waals surface area (Å²) in [5.41, 5.74) is 5.74. The van der Waals surface area contributed by atoms with Gasteiger partial charge in [0.1, 0.15) is 29.2 Å². The van der Waals surface area contributed by atoms with Crippen molar-refractivity contribution in [3.63, 3.8) is 0 Å². The molecule has 24 heavy (non-hydrogen) atoms. The van der Waals surface area contributed by atoms with E-state index < -0.39 is 11.5 Å². The summed E-state index contributed by atoms with van der Waals surface area (Å²) < 4.78 is 10.6. The number of alkyl halides is 1. The number of nitrogens with zero attached hydrogens (tertiary/aromatic N) is 1. The van der Waals surface area contributed by atoms with Crippen LogP contribution in [0.5, 0.6) is 5.75 Å². The van der Waals surface area contributed by atoms with Crippen molar-refractivity contribution in [1.82, 2.24) is 4.90 Å². The van der Waals surface area contributed by atoms with Crippen LogP contribution in [-0.4, -0.2) is 53.5 Å². The minimum absolute atomic E-state index is 0.0526. The molecule has 0 aromatic heterocycles. The molecule has 0 spiro atoms. The SMILES string of the molecule is COc1ccc(COC(=O)C2(CCl)CS[C@@H]3C(N)C(=O)N3C2)cc1. The van der Waals surface area contributed by atoms with Gasteiger partial charge in [0.25, 0.3) is 0 Å². The molecular formula is C16H19ClN2O4S. The predicted molar refractivity (Wildman–Crippen MR) is 91.9 cm³/mol. The number of hydrogen-bond acceptors (Lipinski definition) is 6. The van der Waals surface area contributed by atoms with Crippen LogP contribution in [0.1, 0.15) is 5.56 Å². The molecule has 0 aliphatic carbocycles. The molecule has 3 atom stereocenters. The van der Waals surface area contributed by atoms with E-state index in [1.54, 1.807) is 12.0 Å². The van der Waals surface area contributed by atoms with E-state index in [1.165, 1.54) is 11.8 Å². The summed E-state index contributed by atoms with van der Waals surface area (Å²) in [7, 11) is 1.59. The van der Waals surface area contributed by atoms with Crippen LogP contribution in [0.4, 0.5) is 0 Å². The van der Waals surface area contributed by atoms with Gasteiger partial charge in [0.05, 0.1) is 7.11 Å². The van der Waals surface area contributed by atoms with Crippen LogP contribution >= 0.6 is 23.4 Å². The first-order chi connectivity index (χ1) is 11.5. The largest absolute Gasteiger partial charge is 0.497 e. The van der Waals surface area contributed by atoms with Gasteiger partial charge < -0.3 is 20.1 Å². The first kappa shape index (κ1) is 17.4. The highest BCUT2D eigenvalue weighted by Crippen LogP contribution is 2.42. The lowest BCUT2D eigenvalue weighted by atomic mass is 9.89. The summed E-state index contributed by atoms with van der Waals surface area (Å²) in [5, 5.41) is -0.0526. The number of carbonyl (C=O) groups is 2. The molecule has 2 fully saturated rings. The number of amides is 1. The number of rotatable bonds is 5. The second-order valence-electron chi connectivity index (χ2n) is 6.03. The van der Waals surface area contributed by atoms with Gasteiger partial charge in [0, 0.05) is 18.2 Å². The third kappa shape index (κ3) is 2.96. The van der Waals surface area contributed by atoms with Crippen molar-refractivity contribution < 1.29 is 19.1 Å². The summed E-state index contributed by atoms with van der Waals surface area (Å²) in [5.74, 6) is 0.828. The summed E-state index contributed by atoms with van der Waals surface area (Å²) in [6, 6.07) is 6.81. The number of hydrogen-bond donors (Lipinski definition) is 1. The van der Waals surface area contributed by atoms with Crippen LogP contribution < -0.4 is 10.5 Å². The lowest BCUT2D eigenvalue weighted by Crippen LogP contribution is -2.72. The van der Waals surface area contributed by atoms with Gasteiger partial charge >= 0.3 is 5.97 Å². The standard InChI is InChI=1S/C16H19ClN2O4S/c1-22-11-4-2-10(3-5-11)6-23-15(21)16(7-17)8-19-13(20)12(18)14(19)24-9-16/h2-5,12,14H,6-9,18H2,1H3/t12?,14-,16?/m1/s1. The van der Waals surface area contributed by atoms with E-state index >= 15 is 0 Å². The first-order valence-electron chi connectivity index (χ1n) is 7.54. The van der Waals surface area contributed by atoms with Crippen LogP contribution in [0.2, 0.25) is 0 Å². The number of halogens is 1. The number of esters is 1. The van der Waals surface area contributed by atoms with E-state index in [0.29, 0.717) is 5.75 Å². The summed E-state index contributed by atoms with van der Waals surface area (Å²) in [4.78, 5) is 26.1. The number of fused-ring (bicyclic) bond motifs is 1. The van der Waals surface area contributed by atoms with Crippen LogP contribution in [0.25, 0.3) is 0 Å². The zero-order valence-corrected chi connectivity index (χ0v) is 14.8. The molecule has 2 saturated heterocycles. The maximum absolute atomic E-state index is 12.6. The van der Waals surface area contributed by atoms with Crippen molar-refractivity contribution in [2.24, 2.45) is 11.1 Å². The van der Waals surface area contributed by atoms with E-state index in [9.17, 15) is 9.59 Å². The van der Waals surface area contributed by atoms with Gasteiger partial charge in [0.15, 0.2) is 0 Å². The molecule has 1 amide bonds. The highest BCUT2D eigenvalue weighted by atomic mass is 35.5. The lowest BCUT2D eigenvalue weighted by Gasteiger charge is -2.52. The molecule has 0 radical (unpaired) electrons. The smallest absolute Gasteiger partial charge is 0.316 e. The number of carbonyl (C=O) groups excluding carboxylic acids is 2. The third-order valence-electron chi connectivity index (χ3n) is 4.40. The minimum atomic E-state index is -0.884. The second kappa shape index (κ2) is 6.82. The lowest BCUT2D eigenvalue weighted by molar-refractivity contribution is -0.161. The fourth-order valence-electron chi connectivity index (χ4n) is 2.81. The Hall–Kier alpha value is -1.44. The number of benzene rings is 1. The van der Waals surface area contributed by atoms with Crippen molar-refractivity contribution in [2.45, 2.75) is 18.0 Å². The number of methoxy groups -OCH3 is 1. The maximum Gasteiger partial charge on any atom is 0.316 e. The molecule has 2 aliphatic heterocycles. The van der Waals surface area contributed by atoms with Crippen molar-refractivity contribution in [1.29, 1.82) is 0 Å². The average molecular weight is 371 g/mol. The van der Waals surface area contributed by atoms with E-state index in [4.69, 9.17) is 26.8 Å². The normalized spacial score (nSPS) is 28.8. The molecular weight excluding hydrogens is 352 g/mol. The zero-order chi connectivity index (χ0) is 17.3. The summed E-state index contributed by atoms with van der Waals surface area (Å²) >= 11 is 7.56. The highest BCUT2D eigenvalue weighted by molar-refractivity contribution is 8.00. The molecule has 6 nitrogen and oxygen atoms in total. The number of β-lactam (4-membered cyclic amide) rings is 1. The molecule has 2 heterocycles. The Morgan fingerprint density at radius 3 is 2.79 bits per heavy atom. The van der Waals surface area contributed by atoms with Crippen LogP contribution in [0.15, 0.2) is 24.3 Å². The Balaban J connectivity index is 1.62. The Morgan fingerprint density at radius 1 is 1.46 bits per heavy atom. The van der Waals surface area contributed by atoms with Gasteiger partial charge in [-0.2, -0.15) is 0 Å². The second-order valence-corrected chi connectivity index (χ2v) is 7.40. The Labute approximate surface area is 149 Å². The number of ether oxygens (including phenoxy) is 2. The van der Waals surface area contributed by atoms with Gasteiger partial charge in [-0.1, -0.05) is 12.1 Å². The molecule has 8 heteroatoms. The predicted octanol–water partition coefficient (Wildman–Crippen LogP) is 1.21. The minimum Gasteiger partial charge on any atom is -0.497 e. The molecule has 0 bridgehead atoms. The van der Waals surface area contributed by atoms with E-state index in [0.717, 1.165) is 11.3 Å².